The summed E-state index contributed by atoms with van der Waals surface area (Å²) in [5, 5.41) is 3.10. The summed E-state index contributed by atoms with van der Waals surface area (Å²) in [5.74, 6) is 0.957. The van der Waals surface area contributed by atoms with Crippen molar-refractivity contribution in [3.05, 3.63) is 47.0 Å². The molecule has 3 heterocycles. The molecular weight excluding hydrogens is 420 g/mol. The molecule has 1 N–H and O–H groups in total. The monoisotopic (exact) mass is 442 g/mol. The van der Waals surface area contributed by atoms with E-state index < -0.39 is 0 Å². The minimum Gasteiger partial charge on any atom is -0.493 e. The van der Waals surface area contributed by atoms with Crippen LogP contribution in [0.15, 0.2) is 41.0 Å². The molecule has 1 fully saturated rings. The van der Waals surface area contributed by atoms with Crippen molar-refractivity contribution in [2.45, 2.75) is 12.8 Å². The van der Waals surface area contributed by atoms with E-state index in [-0.39, 0.29) is 17.6 Å². The van der Waals surface area contributed by atoms with Gasteiger partial charge in [-0.15, -0.1) is 0 Å². The predicted molar refractivity (Wildman–Crippen MR) is 115 cm³/mol. The van der Waals surface area contributed by atoms with Crippen LogP contribution in [0.1, 0.15) is 32.9 Å². The van der Waals surface area contributed by atoms with Crippen LogP contribution >= 0.6 is 11.3 Å². The number of ketones is 1. The number of benzene rings is 1. The number of anilines is 1. The molecule has 0 aliphatic carbocycles. The highest BCUT2D eigenvalue weighted by atomic mass is 32.1. The second-order valence-corrected chi connectivity index (χ2v) is 7.95. The quantitative estimate of drug-likeness (QED) is 0.545. The number of carbonyl (C=O) groups excluding carboxylic acids is 2. The maximum atomic E-state index is 13.2. The summed E-state index contributed by atoms with van der Waals surface area (Å²) < 4.78 is 21.3. The Morgan fingerprint density at radius 1 is 1.13 bits per heavy atom. The van der Waals surface area contributed by atoms with Gasteiger partial charge < -0.3 is 18.6 Å². The molecular formula is C22H22N2O6S. The average molecular weight is 442 g/mol. The minimum atomic E-state index is -0.370. The van der Waals surface area contributed by atoms with Gasteiger partial charge in [0.15, 0.2) is 28.2 Å². The number of Topliss-reactive ketones (excluding diaryl/α,β-unsaturated/α-hetero) is 1. The molecule has 1 amide bonds. The highest BCUT2D eigenvalue weighted by Gasteiger charge is 2.29. The lowest BCUT2D eigenvalue weighted by molar-refractivity contribution is 0.0547. The fraction of sp³-hybridized carbons (Fsp3) is 0.318. The number of rotatable bonds is 7. The number of nitrogens with one attached hydrogen (secondary N) is 1. The van der Waals surface area contributed by atoms with E-state index in [1.807, 2.05) is 0 Å². The summed E-state index contributed by atoms with van der Waals surface area (Å²) in [6.45, 7) is 1.13. The Morgan fingerprint density at radius 3 is 2.58 bits per heavy atom. The molecule has 1 aliphatic rings. The zero-order chi connectivity index (χ0) is 21.8. The zero-order valence-electron chi connectivity index (χ0n) is 17.2. The first-order chi connectivity index (χ1) is 15.1. The lowest BCUT2D eigenvalue weighted by atomic mass is 9.94. The van der Waals surface area contributed by atoms with E-state index in [1.165, 1.54) is 20.5 Å². The third kappa shape index (κ3) is 4.47. The molecule has 4 rings (SSSR count). The van der Waals surface area contributed by atoms with Crippen molar-refractivity contribution < 1.29 is 28.2 Å². The Bertz CT molecular complexity index is 1070. The van der Waals surface area contributed by atoms with Crippen LogP contribution in [-0.2, 0) is 4.74 Å². The Kier molecular flexibility index (Phi) is 6.34. The molecule has 9 heteroatoms. The summed E-state index contributed by atoms with van der Waals surface area (Å²) in [6, 6.07) is 8.36. The van der Waals surface area contributed by atoms with Crippen LogP contribution in [0.3, 0.4) is 0 Å². The van der Waals surface area contributed by atoms with Crippen molar-refractivity contribution in [2.75, 3.05) is 32.8 Å². The van der Waals surface area contributed by atoms with E-state index in [9.17, 15) is 9.59 Å². The maximum Gasteiger partial charge on any atom is 0.257 e. The number of nitrogens with zero attached hydrogens (tertiary/aromatic N) is 1. The predicted octanol–water partition coefficient (Wildman–Crippen LogP) is 4.28. The summed E-state index contributed by atoms with van der Waals surface area (Å²) >= 11 is 1.15. The third-order valence-electron chi connectivity index (χ3n) is 5.06. The molecule has 1 aliphatic heterocycles. The fourth-order valence-electron chi connectivity index (χ4n) is 3.41. The van der Waals surface area contributed by atoms with Crippen LogP contribution in [-0.4, -0.2) is 44.1 Å². The van der Waals surface area contributed by atoms with Gasteiger partial charge in [0.25, 0.3) is 5.91 Å². The van der Waals surface area contributed by atoms with Gasteiger partial charge >= 0.3 is 0 Å². The molecule has 0 radical (unpaired) electrons. The third-order valence-corrected chi connectivity index (χ3v) is 6.05. The standard InChI is InChI=1S/C22H22N2O6S/c1-27-15-6-5-14(12-17(15)28-2)21(26)24-22-23-18(16-4-3-9-30-16)20(31-22)19(25)13-7-10-29-11-8-13/h3-6,9,12-13H,7-8,10-11H2,1-2H3,(H,23,24,26). The van der Waals surface area contributed by atoms with Crippen molar-refractivity contribution in [1.82, 2.24) is 4.98 Å². The molecule has 0 atom stereocenters. The van der Waals surface area contributed by atoms with Crippen molar-refractivity contribution >= 4 is 28.2 Å². The lowest BCUT2D eigenvalue weighted by Crippen LogP contribution is -2.23. The van der Waals surface area contributed by atoms with Gasteiger partial charge in [0.1, 0.15) is 10.6 Å². The fourth-order valence-corrected chi connectivity index (χ4v) is 4.40. The van der Waals surface area contributed by atoms with Crippen LogP contribution < -0.4 is 14.8 Å². The second kappa shape index (κ2) is 9.32. The van der Waals surface area contributed by atoms with Gasteiger partial charge in [0, 0.05) is 24.7 Å². The van der Waals surface area contributed by atoms with E-state index >= 15 is 0 Å². The largest absolute Gasteiger partial charge is 0.493 e. The van der Waals surface area contributed by atoms with Crippen LogP contribution in [0.4, 0.5) is 5.13 Å². The molecule has 8 nitrogen and oxygen atoms in total. The number of ether oxygens (including phenoxy) is 3. The summed E-state index contributed by atoms with van der Waals surface area (Å²) in [6.07, 6.45) is 2.86. The molecule has 1 aromatic carbocycles. The van der Waals surface area contributed by atoms with Gasteiger partial charge in [0.2, 0.25) is 0 Å². The molecule has 0 bridgehead atoms. The molecule has 1 saturated heterocycles. The number of methoxy groups -OCH3 is 2. The van der Waals surface area contributed by atoms with Crippen LogP contribution in [0.5, 0.6) is 11.5 Å². The molecule has 0 spiro atoms. The Hall–Kier alpha value is -3.17. The number of aromatic nitrogens is 1. The molecule has 0 unspecified atom stereocenters. The first-order valence-electron chi connectivity index (χ1n) is 9.80. The second-order valence-electron chi connectivity index (χ2n) is 6.95. The molecule has 2 aromatic heterocycles. The lowest BCUT2D eigenvalue weighted by Gasteiger charge is -2.20. The number of amides is 1. The van der Waals surface area contributed by atoms with Gasteiger partial charge in [-0.1, -0.05) is 11.3 Å². The Morgan fingerprint density at radius 2 is 1.90 bits per heavy atom. The summed E-state index contributed by atoms with van der Waals surface area (Å²) in [5.41, 5.74) is 0.818. The van der Waals surface area contributed by atoms with Crippen molar-refractivity contribution in [3.63, 3.8) is 0 Å². The van der Waals surface area contributed by atoms with Gasteiger partial charge in [-0.2, -0.15) is 0 Å². The number of hydrogen-bond donors (Lipinski definition) is 1. The van der Waals surface area contributed by atoms with Crippen molar-refractivity contribution in [2.24, 2.45) is 5.92 Å². The van der Waals surface area contributed by atoms with Crippen LogP contribution in [0.2, 0.25) is 0 Å². The van der Waals surface area contributed by atoms with Gasteiger partial charge in [-0.25, -0.2) is 4.98 Å². The first-order valence-corrected chi connectivity index (χ1v) is 10.6. The van der Waals surface area contributed by atoms with Gasteiger partial charge in [-0.05, 0) is 43.2 Å². The topological polar surface area (TPSA) is 99.9 Å². The van der Waals surface area contributed by atoms with E-state index in [4.69, 9.17) is 18.6 Å². The molecule has 0 saturated carbocycles. The van der Waals surface area contributed by atoms with Crippen LogP contribution in [0, 0.1) is 5.92 Å². The van der Waals surface area contributed by atoms with Crippen LogP contribution in [0.25, 0.3) is 11.5 Å². The minimum absolute atomic E-state index is 0.00110. The van der Waals surface area contributed by atoms with E-state index in [0.29, 0.717) is 64.6 Å². The van der Waals surface area contributed by atoms with Crippen molar-refractivity contribution in [1.29, 1.82) is 0 Å². The molecule has 3 aromatic rings. The van der Waals surface area contributed by atoms with Gasteiger partial charge in [0.05, 0.1) is 20.5 Å². The van der Waals surface area contributed by atoms with Crippen molar-refractivity contribution in [3.8, 4) is 23.0 Å². The maximum absolute atomic E-state index is 13.2. The van der Waals surface area contributed by atoms with Gasteiger partial charge in [-0.3, -0.25) is 14.9 Å². The average Bonchev–Trinajstić information content (AvgIpc) is 3.48. The highest BCUT2D eigenvalue weighted by molar-refractivity contribution is 7.18. The first kappa shape index (κ1) is 21.1. The highest BCUT2D eigenvalue weighted by Crippen LogP contribution is 2.35. The number of furan rings is 1. The summed E-state index contributed by atoms with van der Waals surface area (Å²) in [4.78, 5) is 30.9. The summed E-state index contributed by atoms with van der Waals surface area (Å²) in [7, 11) is 3.03. The Labute approximate surface area is 183 Å². The van der Waals surface area contributed by atoms with E-state index in [0.717, 1.165) is 11.3 Å². The smallest absolute Gasteiger partial charge is 0.257 e. The number of hydrogen-bond acceptors (Lipinski definition) is 8. The normalized spacial score (nSPS) is 14.3. The SMILES string of the molecule is COc1ccc(C(=O)Nc2nc(-c3ccco3)c(C(=O)C3CCOCC3)s2)cc1OC. The molecule has 162 valence electrons. The van der Waals surface area contributed by atoms with E-state index in [1.54, 1.807) is 30.3 Å². The number of thiazole rings is 1. The number of carbonyl (C=O) groups is 2. The Balaban J connectivity index is 1.61. The van der Waals surface area contributed by atoms with E-state index in [2.05, 4.69) is 10.3 Å². The zero-order valence-corrected chi connectivity index (χ0v) is 18.0. The molecule has 31 heavy (non-hydrogen) atoms.